The van der Waals surface area contributed by atoms with Crippen molar-refractivity contribution in [2.45, 2.75) is 38.5 Å². The molecule has 0 spiro atoms. The summed E-state index contributed by atoms with van der Waals surface area (Å²) >= 11 is 0. The third-order valence-electron chi connectivity index (χ3n) is 5.60. The second-order valence-electron chi connectivity index (χ2n) is 7.22. The van der Waals surface area contributed by atoms with Crippen LogP contribution in [0.25, 0.3) is 0 Å². The Hall–Kier alpha value is -2.40. The van der Waals surface area contributed by atoms with Gasteiger partial charge in [0.25, 0.3) is 0 Å². The molecule has 2 aliphatic rings. The summed E-state index contributed by atoms with van der Waals surface area (Å²) in [5.74, 6) is 1.31. The van der Waals surface area contributed by atoms with Crippen molar-refractivity contribution in [2.24, 2.45) is 5.92 Å². The minimum atomic E-state index is -0.317. The summed E-state index contributed by atoms with van der Waals surface area (Å²) in [6.07, 6.45) is 2.36. The highest BCUT2D eigenvalue weighted by molar-refractivity contribution is 5.97. The predicted octanol–water partition coefficient (Wildman–Crippen LogP) is 4.30. The Morgan fingerprint density at radius 2 is 1.89 bits per heavy atom. The van der Waals surface area contributed by atoms with Crippen molar-refractivity contribution in [3.8, 4) is 11.5 Å². The van der Waals surface area contributed by atoms with Gasteiger partial charge in [0, 0.05) is 24.1 Å². The van der Waals surface area contributed by atoms with E-state index in [1.54, 1.807) is 12.1 Å². The van der Waals surface area contributed by atoms with Crippen molar-refractivity contribution < 1.29 is 18.7 Å². The van der Waals surface area contributed by atoms with Crippen LogP contribution < -0.4 is 9.47 Å². The third kappa shape index (κ3) is 3.69. The van der Waals surface area contributed by atoms with Crippen LogP contribution in [0.15, 0.2) is 48.5 Å². The van der Waals surface area contributed by atoms with Gasteiger partial charge in [-0.15, -0.1) is 0 Å². The van der Waals surface area contributed by atoms with E-state index in [0.29, 0.717) is 12.2 Å². The number of rotatable bonds is 4. The van der Waals surface area contributed by atoms with Crippen LogP contribution >= 0.6 is 0 Å². The van der Waals surface area contributed by atoms with Gasteiger partial charge in [-0.25, -0.2) is 4.39 Å². The van der Waals surface area contributed by atoms with E-state index in [1.807, 2.05) is 24.3 Å². The van der Waals surface area contributed by atoms with Crippen molar-refractivity contribution in [3.63, 3.8) is 0 Å². The molecule has 0 aromatic heterocycles. The lowest BCUT2D eigenvalue weighted by molar-refractivity contribution is -0.0693. The fourth-order valence-corrected chi connectivity index (χ4v) is 4.11. The fourth-order valence-electron chi connectivity index (χ4n) is 4.11. The topological polar surface area (TPSA) is 38.8 Å². The molecular weight excluding hydrogens is 345 g/mol. The van der Waals surface area contributed by atoms with Crippen LogP contribution in [0.3, 0.4) is 0 Å². The number of para-hydroxylation sites is 2. The Morgan fingerprint density at radius 3 is 2.63 bits per heavy atom. The lowest BCUT2D eigenvalue weighted by atomic mass is 9.84. The van der Waals surface area contributed by atoms with Crippen molar-refractivity contribution in [2.75, 3.05) is 13.2 Å². The van der Waals surface area contributed by atoms with E-state index in [0.717, 1.165) is 37.3 Å². The van der Waals surface area contributed by atoms with Gasteiger partial charge in [-0.3, -0.25) is 9.69 Å². The summed E-state index contributed by atoms with van der Waals surface area (Å²) in [5, 5.41) is 0. The fraction of sp³-hybridized carbons (Fsp3) is 0.409. The van der Waals surface area contributed by atoms with Gasteiger partial charge in [-0.1, -0.05) is 19.1 Å². The van der Waals surface area contributed by atoms with Gasteiger partial charge in [-0.05, 0) is 55.7 Å². The highest BCUT2D eigenvalue weighted by Crippen LogP contribution is 2.35. The minimum absolute atomic E-state index is 0.0338. The van der Waals surface area contributed by atoms with Gasteiger partial charge in [-0.2, -0.15) is 0 Å². The summed E-state index contributed by atoms with van der Waals surface area (Å²) in [5.41, 5.74) is 0.593. The van der Waals surface area contributed by atoms with E-state index in [-0.39, 0.29) is 29.8 Å². The molecule has 3 unspecified atom stereocenters. The average Bonchev–Trinajstić information content (AvgIpc) is 2.73. The molecule has 5 heteroatoms. The molecule has 0 N–H and O–H groups in total. The quantitative estimate of drug-likeness (QED) is 0.754. The number of ketones is 1. The smallest absolute Gasteiger partial charge is 0.187 e. The molecule has 0 aliphatic carbocycles. The molecule has 0 amide bonds. The molecule has 0 saturated carbocycles. The number of carbonyl (C=O) groups is 1. The number of benzene rings is 2. The lowest BCUT2D eigenvalue weighted by Crippen LogP contribution is -2.54. The maximum atomic E-state index is 13.1. The molecule has 4 nitrogen and oxygen atoms in total. The number of hydrogen-bond donors (Lipinski definition) is 0. The maximum Gasteiger partial charge on any atom is 0.187 e. The Balaban J connectivity index is 1.44. The van der Waals surface area contributed by atoms with E-state index in [9.17, 15) is 9.18 Å². The van der Waals surface area contributed by atoms with Crippen molar-refractivity contribution in [1.82, 2.24) is 4.90 Å². The van der Waals surface area contributed by atoms with Gasteiger partial charge in [0.2, 0.25) is 0 Å². The molecule has 2 aliphatic heterocycles. The number of nitrogens with zero attached hydrogens (tertiary/aromatic N) is 1. The van der Waals surface area contributed by atoms with Crippen LogP contribution in [0.4, 0.5) is 4.39 Å². The number of carbonyl (C=O) groups excluding carboxylic acids is 1. The molecule has 3 atom stereocenters. The number of halogens is 1. The maximum absolute atomic E-state index is 13.1. The van der Waals surface area contributed by atoms with Crippen LogP contribution in [-0.4, -0.2) is 36.1 Å². The molecule has 2 heterocycles. The number of fused-ring (bicyclic) bond motifs is 1. The van der Waals surface area contributed by atoms with Crippen LogP contribution in [0, 0.1) is 11.7 Å². The molecule has 27 heavy (non-hydrogen) atoms. The first-order valence-electron chi connectivity index (χ1n) is 9.59. The van der Waals surface area contributed by atoms with Gasteiger partial charge in [0.05, 0.1) is 0 Å². The number of likely N-dealkylation sites (tertiary alicyclic amines) is 1. The molecular formula is C22H24FNO3. The van der Waals surface area contributed by atoms with E-state index in [2.05, 4.69) is 11.8 Å². The molecule has 0 radical (unpaired) electrons. The zero-order valence-corrected chi connectivity index (χ0v) is 15.4. The normalized spacial score (nSPS) is 25.2. The largest absolute Gasteiger partial charge is 0.484 e. The van der Waals surface area contributed by atoms with Crippen LogP contribution in [0.5, 0.6) is 11.5 Å². The molecule has 0 bridgehead atoms. The molecule has 2 aromatic carbocycles. The molecule has 1 saturated heterocycles. The highest BCUT2D eigenvalue weighted by Gasteiger charge is 2.37. The Kier molecular flexibility index (Phi) is 5.12. The van der Waals surface area contributed by atoms with Gasteiger partial charge in [0.15, 0.2) is 23.5 Å². The Bertz CT molecular complexity index is 807. The van der Waals surface area contributed by atoms with E-state index in [4.69, 9.17) is 9.47 Å². The number of Topliss-reactive ketones (excluding diaryl/α,β-unsaturated/α-hetero) is 1. The first-order chi connectivity index (χ1) is 13.2. The summed E-state index contributed by atoms with van der Waals surface area (Å²) in [6.45, 7) is 3.41. The van der Waals surface area contributed by atoms with E-state index in [1.165, 1.54) is 12.1 Å². The van der Waals surface area contributed by atoms with Crippen molar-refractivity contribution in [3.05, 3.63) is 59.9 Å². The van der Waals surface area contributed by atoms with Crippen LogP contribution in [-0.2, 0) is 0 Å². The SMILES string of the molecule is CCC1CC(C(=O)c2ccc(F)cc2)CCN1C1COc2ccccc2O1. The third-order valence-corrected chi connectivity index (χ3v) is 5.60. The summed E-state index contributed by atoms with van der Waals surface area (Å²) in [7, 11) is 0. The number of hydrogen-bond acceptors (Lipinski definition) is 4. The molecule has 2 aromatic rings. The summed E-state index contributed by atoms with van der Waals surface area (Å²) in [6, 6.07) is 13.8. The van der Waals surface area contributed by atoms with E-state index >= 15 is 0 Å². The Morgan fingerprint density at radius 1 is 1.15 bits per heavy atom. The zero-order valence-electron chi connectivity index (χ0n) is 15.4. The number of piperidine rings is 1. The number of ether oxygens (including phenoxy) is 2. The molecule has 1 fully saturated rings. The first kappa shape index (κ1) is 18.0. The van der Waals surface area contributed by atoms with Crippen LogP contribution in [0.1, 0.15) is 36.5 Å². The second kappa shape index (κ2) is 7.69. The van der Waals surface area contributed by atoms with Gasteiger partial charge < -0.3 is 9.47 Å². The van der Waals surface area contributed by atoms with Crippen molar-refractivity contribution >= 4 is 5.78 Å². The predicted molar refractivity (Wildman–Crippen MR) is 101 cm³/mol. The highest BCUT2D eigenvalue weighted by atomic mass is 19.1. The first-order valence-corrected chi connectivity index (χ1v) is 9.59. The van der Waals surface area contributed by atoms with Gasteiger partial charge in [0.1, 0.15) is 12.4 Å². The van der Waals surface area contributed by atoms with Gasteiger partial charge >= 0.3 is 0 Å². The second-order valence-corrected chi connectivity index (χ2v) is 7.22. The summed E-state index contributed by atoms with van der Waals surface area (Å²) in [4.78, 5) is 15.1. The van der Waals surface area contributed by atoms with E-state index < -0.39 is 0 Å². The van der Waals surface area contributed by atoms with Crippen LogP contribution in [0.2, 0.25) is 0 Å². The summed E-state index contributed by atoms with van der Waals surface area (Å²) < 4.78 is 25.2. The monoisotopic (exact) mass is 369 g/mol. The molecule has 142 valence electrons. The average molecular weight is 369 g/mol. The van der Waals surface area contributed by atoms with Crippen molar-refractivity contribution in [1.29, 1.82) is 0 Å². The minimum Gasteiger partial charge on any atom is -0.484 e. The lowest BCUT2D eigenvalue weighted by Gasteiger charge is -2.44. The standard InChI is InChI=1S/C22H24FNO3/c1-2-18-13-16(22(25)15-7-9-17(23)10-8-15)11-12-24(18)21-14-26-19-5-3-4-6-20(19)27-21/h3-10,16,18,21H,2,11-14H2,1H3. The zero-order chi connectivity index (χ0) is 18.8. The molecule has 4 rings (SSSR count). The Labute approximate surface area is 158 Å².